The van der Waals surface area contributed by atoms with E-state index in [2.05, 4.69) is 6.58 Å². The van der Waals surface area contributed by atoms with Crippen molar-refractivity contribution in [2.75, 3.05) is 5.75 Å². The van der Waals surface area contributed by atoms with Crippen molar-refractivity contribution in [3.63, 3.8) is 0 Å². The number of carbonyl (C=O) groups excluding carboxylic acids is 1. The summed E-state index contributed by atoms with van der Waals surface area (Å²) in [6, 6.07) is 0. The number of hydrogen-bond acceptors (Lipinski definition) is 6. The molecule has 0 atom stereocenters. The molecule has 26 heavy (non-hydrogen) atoms. The highest BCUT2D eigenvalue weighted by molar-refractivity contribution is 7.99. The second kappa shape index (κ2) is 7.56. The molecule has 0 saturated heterocycles. The van der Waals surface area contributed by atoms with E-state index >= 15 is 0 Å². The summed E-state index contributed by atoms with van der Waals surface area (Å²) in [5.74, 6) is -0.190. The van der Waals surface area contributed by atoms with Gasteiger partial charge in [0, 0.05) is 11.4 Å². The fraction of sp³-hybridized carbons (Fsp3) is 0.526. The van der Waals surface area contributed by atoms with Crippen LogP contribution in [0.3, 0.4) is 0 Å². The topological polar surface area (TPSA) is 61.2 Å². The van der Waals surface area contributed by atoms with E-state index in [-0.39, 0.29) is 17.3 Å². The van der Waals surface area contributed by atoms with Crippen molar-refractivity contribution in [1.82, 2.24) is 9.55 Å². The van der Waals surface area contributed by atoms with Crippen LogP contribution in [-0.4, -0.2) is 26.9 Å². The molecular formula is C19H24N2O3S2. The predicted molar refractivity (Wildman–Crippen MR) is 107 cm³/mol. The van der Waals surface area contributed by atoms with Crippen molar-refractivity contribution >= 4 is 39.3 Å². The van der Waals surface area contributed by atoms with Gasteiger partial charge in [-0.25, -0.2) is 4.98 Å². The Morgan fingerprint density at radius 2 is 2.12 bits per heavy atom. The Balaban J connectivity index is 1.96. The molecule has 0 spiro atoms. The third-order valence-corrected chi connectivity index (χ3v) is 6.23. The lowest BCUT2D eigenvalue weighted by molar-refractivity contribution is -0.151. The molecule has 2 heterocycles. The molecule has 0 radical (unpaired) electrons. The normalized spacial score (nSPS) is 14.3. The number of ether oxygens (including phenoxy) is 1. The van der Waals surface area contributed by atoms with Crippen molar-refractivity contribution in [3.05, 3.63) is 33.4 Å². The minimum absolute atomic E-state index is 0.0269. The summed E-state index contributed by atoms with van der Waals surface area (Å²) in [5.41, 5.74) is 0.624. The number of rotatable bonds is 5. The summed E-state index contributed by atoms with van der Waals surface area (Å²) in [5, 5.41) is 1.31. The number of esters is 1. The quantitative estimate of drug-likeness (QED) is 0.334. The summed E-state index contributed by atoms with van der Waals surface area (Å²) in [6.07, 6.45) is 5.95. The zero-order valence-corrected chi connectivity index (χ0v) is 17.1. The number of aromatic nitrogens is 2. The smallest absolute Gasteiger partial charge is 0.316 e. The summed E-state index contributed by atoms with van der Waals surface area (Å²) in [4.78, 5) is 31.9. The second-order valence-electron chi connectivity index (χ2n) is 7.36. The van der Waals surface area contributed by atoms with Crippen LogP contribution in [0.1, 0.15) is 44.1 Å². The van der Waals surface area contributed by atoms with Crippen LogP contribution in [0.15, 0.2) is 22.6 Å². The average molecular weight is 393 g/mol. The standard InChI is InChI=1S/C19H24N2O3S2/c1-5-10-21-17(23)15-12-8-6-7-9-13(12)26-16(15)20-18(21)25-11-14(22)24-19(2,3)4/h5H,1,6-11H2,2-4H3. The van der Waals surface area contributed by atoms with Crippen LogP contribution < -0.4 is 5.56 Å². The summed E-state index contributed by atoms with van der Waals surface area (Å²) < 4.78 is 6.97. The Labute approximate surface area is 161 Å². The van der Waals surface area contributed by atoms with Crippen molar-refractivity contribution in [2.45, 2.75) is 63.8 Å². The van der Waals surface area contributed by atoms with E-state index in [9.17, 15) is 9.59 Å². The van der Waals surface area contributed by atoms with E-state index in [1.165, 1.54) is 28.6 Å². The van der Waals surface area contributed by atoms with Gasteiger partial charge < -0.3 is 4.74 Å². The first-order valence-electron chi connectivity index (χ1n) is 8.81. The number of thiophene rings is 1. The molecule has 2 aromatic heterocycles. The first-order chi connectivity index (χ1) is 12.3. The van der Waals surface area contributed by atoms with E-state index in [0.717, 1.165) is 29.5 Å². The van der Waals surface area contributed by atoms with Gasteiger partial charge in [0.05, 0.1) is 11.1 Å². The zero-order chi connectivity index (χ0) is 18.9. The SMILES string of the molecule is C=CCn1c(SCC(=O)OC(C)(C)C)nc2sc3c(c2c1=O)CCCC3. The maximum absolute atomic E-state index is 13.1. The third-order valence-electron chi connectivity index (χ3n) is 4.09. The summed E-state index contributed by atoms with van der Waals surface area (Å²) in [7, 11) is 0. The lowest BCUT2D eigenvalue weighted by Crippen LogP contribution is -2.26. The van der Waals surface area contributed by atoms with Gasteiger partial charge in [0.1, 0.15) is 10.4 Å². The van der Waals surface area contributed by atoms with Crippen LogP contribution in [0.25, 0.3) is 10.2 Å². The van der Waals surface area contributed by atoms with Gasteiger partial charge in [-0.15, -0.1) is 17.9 Å². The Bertz CT molecular complexity index is 906. The van der Waals surface area contributed by atoms with Crippen LogP contribution in [-0.2, 0) is 28.9 Å². The highest BCUT2D eigenvalue weighted by Crippen LogP contribution is 2.34. The van der Waals surface area contributed by atoms with Gasteiger partial charge in [-0.05, 0) is 52.0 Å². The van der Waals surface area contributed by atoms with Crippen molar-refractivity contribution < 1.29 is 9.53 Å². The van der Waals surface area contributed by atoms with Crippen molar-refractivity contribution in [2.24, 2.45) is 0 Å². The van der Waals surface area contributed by atoms with E-state index in [4.69, 9.17) is 9.72 Å². The Morgan fingerprint density at radius 1 is 1.38 bits per heavy atom. The largest absolute Gasteiger partial charge is 0.459 e. The third kappa shape index (κ3) is 4.04. The predicted octanol–water partition coefficient (Wildman–Crippen LogP) is 3.96. The molecule has 140 valence electrons. The van der Waals surface area contributed by atoms with Crippen LogP contribution in [0, 0.1) is 0 Å². The molecule has 1 aliphatic carbocycles. The van der Waals surface area contributed by atoms with Crippen LogP contribution in [0.2, 0.25) is 0 Å². The number of fused-ring (bicyclic) bond motifs is 3. The van der Waals surface area contributed by atoms with Gasteiger partial charge in [-0.3, -0.25) is 14.2 Å². The first kappa shape index (κ1) is 19.2. The lowest BCUT2D eigenvalue weighted by Gasteiger charge is -2.19. The molecule has 7 heteroatoms. The number of aryl methyl sites for hydroxylation is 2. The Morgan fingerprint density at radius 3 is 2.81 bits per heavy atom. The molecule has 5 nitrogen and oxygen atoms in total. The van der Waals surface area contributed by atoms with Gasteiger partial charge in [0.25, 0.3) is 5.56 Å². The maximum atomic E-state index is 13.1. The number of carbonyl (C=O) groups is 1. The molecule has 0 fully saturated rings. The fourth-order valence-corrected chi connectivity index (χ4v) is 5.20. The first-order valence-corrected chi connectivity index (χ1v) is 10.6. The van der Waals surface area contributed by atoms with E-state index in [1.807, 2.05) is 20.8 Å². The number of hydrogen-bond donors (Lipinski definition) is 0. The van der Waals surface area contributed by atoms with Crippen LogP contribution >= 0.6 is 23.1 Å². The molecule has 0 saturated carbocycles. The van der Waals surface area contributed by atoms with Crippen LogP contribution in [0.4, 0.5) is 0 Å². The average Bonchev–Trinajstić information content (AvgIpc) is 2.92. The van der Waals surface area contributed by atoms with Gasteiger partial charge in [0.15, 0.2) is 5.16 Å². The molecule has 0 N–H and O–H groups in total. The van der Waals surface area contributed by atoms with Crippen LogP contribution in [0.5, 0.6) is 0 Å². The molecule has 0 amide bonds. The fourth-order valence-electron chi connectivity index (χ4n) is 3.11. The van der Waals surface area contributed by atoms with Gasteiger partial charge >= 0.3 is 5.97 Å². The highest BCUT2D eigenvalue weighted by Gasteiger charge is 2.23. The molecule has 0 aromatic carbocycles. The maximum Gasteiger partial charge on any atom is 0.316 e. The number of nitrogens with zero attached hydrogens (tertiary/aromatic N) is 2. The molecule has 2 aromatic rings. The Hall–Kier alpha value is -1.60. The van der Waals surface area contributed by atoms with E-state index < -0.39 is 5.60 Å². The van der Waals surface area contributed by atoms with Crippen molar-refractivity contribution in [1.29, 1.82) is 0 Å². The number of allylic oxidation sites excluding steroid dienone is 1. The number of thioether (sulfide) groups is 1. The second-order valence-corrected chi connectivity index (χ2v) is 9.39. The molecule has 0 aliphatic heterocycles. The molecule has 0 bridgehead atoms. The monoisotopic (exact) mass is 392 g/mol. The van der Waals surface area contributed by atoms with E-state index in [0.29, 0.717) is 11.7 Å². The zero-order valence-electron chi connectivity index (χ0n) is 15.5. The lowest BCUT2D eigenvalue weighted by atomic mass is 9.97. The molecule has 3 rings (SSSR count). The van der Waals surface area contributed by atoms with Gasteiger partial charge in [-0.1, -0.05) is 17.8 Å². The van der Waals surface area contributed by atoms with Crippen molar-refractivity contribution in [3.8, 4) is 0 Å². The Kier molecular flexibility index (Phi) is 5.58. The van der Waals surface area contributed by atoms with Gasteiger partial charge in [0.2, 0.25) is 0 Å². The summed E-state index contributed by atoms with van der Waals surface area (Å²) in [6.45, 7) is 9.64. The highest BCUT2D eigenvalue weighted by atomic mass is 32.2. The summed E-state index contributed by atoms with van der Waals surface area (Å²) >= 11 is 2.87. The van der Waals surface area contributed by atoms with E-state index in [1.54, 1.807) is 22.0 Å². The van der Waals surface area contributed by atoms with Gasteiger partial charge in [-0.2, -0.15) is 0 Å². The minimum Gasteiger partial charge on any atom is -0.459 e. The molecule has 0 unspecified atom stereocenters. The molecular weight excluding hydrogens is 368 g/mol. The molecule has 1 aliphatic rings. The minimum atomic E-state index is -0.525.